The number of hydrogen-bond acceptors (Lipinski definition) is 4. The summed E-state index contributed by atoms with van der Waals surface area (Å²) >= 11 is 1.27. The summed E-state index contributed by atoms with van der Waals surface area (Å²) in [6.07, 6.45) is -3.07. The lowest BCUT2D eigenvalue weighted by molar-refractivity contribution is -0.142. The van der Waals surface area contributed by atoms with Gasteiger partial charge in [-0.2, -0.15) is 18.3 Å². The Morgan fingerprint density at radius 2 is 2.15 bits per heavy atom. The molecule has 8 heteroatoms. The van der Waals surface area contributed by atoms with Crippen molar-refractivity contribution in [3.05, 3.63) is 41.0 Å². The van der Waals surface area contributed by atoms with Gasteiger partial charge in [0.25, 0.3) is 0 Å². The van der Waals surface area contributed by atoms with Crippen LogP contribution in [0.1, 0.15) is 16.1 Å². The van der Waals surface area contributed by atoms with Crippen LogP contribution >= 0.6 is 11.3 Å². The number of halogens is 3. The fraction of sp³-hybridized carbons (Fsp3) is 0.0833. The molecule has 0 atom stereocenters. The minimum atomic E-state index is -4.58. The molecule has 0 saturated heterocycles. The predicted molar refractivity (Wildman–Crippen MR) is 66.7 cm³/mol. The molecule has 20 heavy (non-hydrogen) atoms. The van der Waals surface area contributed by atoms with E-state index in [1.54, 1.807) is 17.5 Å². The smallest absolute Gasteiger partial charge is 0.298 e. The molecule has 3 rings (SSSR count). The van der Waals surface area contributed by atoms with Gasteiger partial charge in [-0.05, 0) is 17.5 Å². The zero-order chi connectivity index (χ0) is 14.3. The number of hydrogen-bond donors (Lipinski definition) is 0. The zero-order valence-corrected chi connectivity index (χ0v) is 10.6. The normalized spacial score (nSPS) is 11.9. The summed E-state index contributed by atoms with van der Waals surface area (Å²) < 4.78 is 39.9. The molecular formula is C12H6F3N3OS. The van der Waals surface area contributed by atoms with Gasteiger partial charge in [-0.25, -0.2) is 9.50 Å². The first-order chi connectivity index (χ1) is 9.50. The number of thiophene rings is 1. The largest absolute Gasteiger partial charge is 0.433 e. The number of nitrogens with zero attached hydrogens (tertiary/aromatic N) is 3. The lowest BCUT2D eigenvalue weighted by Gasteiger charge is -2.10. The number of carbonyl (C=O) groups is 1. The molecule has 0 amide bonds. The van der Waals surface area contributed by atoms with Crippen LogP contribution in [0.4, 0.5) is 13.2 Å². The maximum absolute atomic E-state index is 13.1. The van der Waals surface area contributed by atoms with E-state index >= 15 is 0 Å². The Labute approximate surface area is 114 Å². The highest BCUT2D eigenvalue weighted by Gasteiger charge is 2.35. The Bertz CT molecular complexity index is 777. The SMILES string of the molecule is O=Cc1cnn2c(C(F)(F)F)cc(-c3cccs3)nc12. The van der Waals surface area contributed by atoms with Crippen molar-refractivity contribution >= 4 is 23.3 Å². The Kier molecular flexibility index (Phi) is 2.82. The average molecular weight is 297 g/mol. The second kappa shape index (κ2) is 4.41. The molecule has 0 radical (unpaired) electrons. The van der Waals surface area contributed by atoms with Gasteiger partial charge in [-0.3, -0.25) is 4.79 Å². The molecule has 3 heterocycles. The van der Waals surface area contributed by atoms with Crippen LogP contribution in [0.15, 0.2) is 29.8 Å². The van der Waals surface area contributed by atoms with E-state index in [1.165, 1.54) is 11.3 Å². The van der Waals surface area contributed by atoms with Crippen LogP contribution in [0.25, 0.3) is 16.2 Å². The van der Waals surface area contributed by atoms with Gasteiger partial charge in [-0.1, -0.05) is 6.07 Å². The van der Waals surface area contributed by atoms with Crippen LogP contribution in [0.2, 0.25) is 0 Å². The maximum Gasteiger partial charge on any atom is 0.433 e. The van der Waals surface area contributed by atoms with E-state index in [2.05, 4.69) is 10.1 Å². The van der Waals surface area contributed by atoms with Crippen molar-refractivity contribution in [2.75, 3.05) is 0 Å². The number of aldehydes is 1. The summed E-state index contributed by atoms with van der Waals surface area (Å²) in [5.74, 6) is 0. The van der Waals surface area contributed by atoms with Crippen molar-refractivity contribution in [3.8, 4) is 10.6 Å². The lowest BCUT2D eigenvalue weighted by atomic mass is 10.2. The van der Waals surface area contributed by atoms with E-state index in [-0.39, 0.29) is 16.9 Å². The van der Waals surface area contributed by atoms with E-state index in [9.17, 15) is 18.0 Å². The topological polar surface area (TPSA) is 47.3 Å². The van der Waals surface area contributed by atoms with Crippen LogP contribution in [0, 0.1) is 0 Å². The van der Waals surface area contributed by atoms with E-state index in [1.807, 2.05) is 0 Å². The van der Waals surface area contributed by atoms with Gasteiger partial charge >= 0.3 is 6.18 Å². The number of fused-ring (bicyclic) bond motifs is 1. The second-order valence-electron chi connectivity index (χ2n) is 3.95. The van der Waals surface area contributed by atoms with E-state index in [4.69, 9.17) is 0 Å². The standard InChI is InChI=1S/C12H6F3N3OS/c13-12(14,15)10-4-8(9-2-1-3-20-9)17-11-7(6-19)5-16-18(10)11/h1-6H. The predicted octanol–water partition coefficient (Wildman–Crippen LogP) is 3.29. The highest BCUT2D eigenvalue weighted by molar-refractivity contribution is 7.13. The van der Waals surface area contributed by atoms with Gasteiger partial charge in [0.1, 0.15) is 0 Å². The molecule has 3 aromatic rings. The van der Waals surface area contributed by atoms with Crippen molar-refractivity contribution in [1.29, 1.82) is 0 Å². The Morgan fingerprint density at radius 3 is 2.75 bits per heavy atom. The molecule has 3 aromatic heterocycles. The first-order valence-corrected chi connectivity index (χ1v) is 6.33. The van der Waals surface area contributed by atoms with E-state index < -0.39 is 11.9 Å². The molecule has 0 spiro atoms. The monoisotopic (exact) mass is 297 g/mol. The van der Waals surface area contributed by atoms with Crippen molar-refractivity contribution in [1.82, 2.24) is 14.6 Å². The second-order valence-corrected chi connectivity index (χ2v) is 4.90. The number of aromatic nitrogens is 3. The third-order valence-electron chi connectivity index (χ3n) is 2.69. The molecular weight excluding hydrogens is 291 g/mol. The molecule has 0 aliphatic rings. The molecule has 0 aliphatic carbocycles. The first-order valence-electron chi connectivity index (χ1n) is 5.46. The quantitative estimate of drug-likeness (QED) is 0.682. The molecule has 0 aromatic carbocycles. The summed E-state index contributed by atoms with van der Waals surface area (Å²) in [5.41, 5.74) is -0.866. The van der Waals surface area contributed by atoms with Crippen LogP contribution in [-0.2, 0) is 6.18 Å². The minimum Gasteiger partial charge on any atom is -0.298 e. The Hall–Kier alpha value is -2.22. The van der Waals surface area contributed by atoms with E-state index in [0.717, 1.165) is 12.3 Å². The van der Waals surface area contributed by atoms with Crippen molar-refractivity contribution < 1.29 is 18.0 Å². The highest BCUT2D eigenvalue weighted by atomic mass is 32.1. The molecule has 4 nitrogen and oxygen atoms in total. The van der Waals surface area contributed by atoms with Gasteiger partial charge < -0.3 is 0 Å². The van der Waals surface area contributed by atoms with Gasteiger partial charge in [-0.15, -0.1) is 11.3 Å². The number of carbonyl (C=O) groups excluding carboxylic acids is 1. The third-order valence-corrected chi connectivity index (χ3v) is 3.58. The summed E-state index contributed by atoms with van der Waals surface area (Å²) in [6.45, 7) is 0. The van der Waals surface area contributed by atoms with Crippen molar-refractivity contribution in [2.45, 2.75) is 6.18 Å². The Balaban J connectivity index is 2.36. The molecule has 0 unspecified atom stereocenters. The van der Waals surface area contributed by atoms with Crippen LogP contribution in [-0.4, -0.2) is 20.9 Å². The minimum absolute atomic E-state index is 0.0221. The van der Waals surface area contributed by atoms with Gasteiger partial charge in [0.2, 0.25) is 0 Å². The molecule has 0 N–H and O–H groups in total. The molecule has 102 valence electrons. The summed E-state index contributed by atoms with van der Waals surface area (Å²) in [5, 5.41) is 5.33. The van der Waals surface area contributed by atoms with Crippen LogP contribution in [0.3, 0.4) is 0 Å². The third kappa shape index (κ3) is 1.97. The molecule has 0 aliphatic heterocycles. The van der Waals surface area contributed by atoms with Crippen LogP contribution in [0.5, 0.6) is 0 Å². The Morgan fingerprint density at radius 1 is 1.35 bits per heavy atom. The molecule has 0 fully saturated rings. The fourth-order valence-electron chi connectivity index (χ4n) is 1.82. The number of alkyl halides is 3. The first kappa shape index (κ1) is 12.8. The summed E-state index contributed by atoms with van der Waals surface area (Å²) in [7, 11) is 0. The fourth-order valence-corrected chi connectivity index (χ4v) is 2.50. The average Bonchev–Trinajstić information content (AvgIpc) is 3.05. The van der Waals surface area contributed by atoms with Crippen molar-refractivity contribution in [2.24, 2.45) is 0 Å². The molecule has 0 bridgehead atoms. The van der Waals surface area contributed by atoms with E-state index in [0.29, 0.717) is 15.7 Å². The summed E-state index contributed by atoms with van der Waals surface area (Å²) in [4.78, 5) is 15.6. The summed E-state index contributed by atoms with van der Waals surface area (Å²) in [6, 6.07) is 4.32. The van der Waals surface area contributed by atoms with Crippen LogP contribution < -0.4 is 0 Å². The molecule has 0 saturated carbocycles. The number of rotatable bonds is 2. The lowest BCUT2D eigenvalue weighted by Crippen LogP contribution is -2.13. The van der Waals surface area contributed by atoms with Gasteiger partial charge in [0.05, 0.1) is 22.3 Å². The zero-order valence-electron chi connectivity index (χ0n) is 9.76. The van der Waals surface area contributed by atoms with Gasteiger partial charge in [0.15, 0.2) is 17.6 Å². The maximum atomic E-state index is 13.1. The van der Waals surface area contributed by atoms with Gasteiger partial charge in [0, 0.05) is 0 Å². The van der Waals surface area contributed by atoms with Crippen molar-refractivity contribution in [3.63, 3.8) is 0 Å². The highest BCUT2D eigenvalue weighted by Crippen LogP contribution is 2.33.